The highest BCUT2D eigenvalue weighted by atomic mass is 19.1. The van der Waals surface area contributed by atoms with Gasteiger partial charge in [0.25, 0.3) is 11.7 Å². The van der Waals surface area contributed by atoms with E-state index < -0.39 is 23.5 Å². The van der Waals surface area contributed by atoms with E-state index in [1.165, 1.54) is 44.6 Å². The summed E-state index contributed by atoms with van der Waals surface area (Å²) in [6, 6.07) is 7.55. The van der Waals surface area contributed by atoms with Crippen molar-refractivity contribution < 1.29 is 33.4 Å². The first-order valence-electron chi connectivity index (χ1n) is 6.98. The molecule has 0 unspecified atom stereocenters. The van der Waals surface area contributed by atoms with Crippen LogP contribution in [0.15, 0.2) is 36.4 Å². The molecule has 2 rings (SSSR count). The molecule has 25 heavy (non-hydrogen) atoms. The summed E-state index contributed by atoms with van der Waals surface area (Å²) in [5.74, 6) is -4.12. The fraction of sp³-hybridized carbons (Fsp3) is 0.118. The van der Waals surface area contributed by atoms with Gasteiger partial charge in [-0.15, -0.1) is 0 Å². The number of amides is 1. The molecule has 0 atom stereocenters. The molecule has 130 valence electrons. The molecule has 0 aliphatic heterocycles. The predicted molar refractivity (Wildman–Crippen MR) is 85.9 cm³/mol. The van der Waals surface area contributed by atoms with E-state index in [-0.39, 0.29) is 28.3 Å². The average Bonchev–Trinajstić information content (AvgIpc) is 2.61. The first-order valence-corrected chi connectivity index (χ1v) is 6.98. The number of hydrogen-bond donors (Lipinski definition) is 2. The molecule has 0 heterocycles. The maximum Gasteiger partial charge on any atom is 0.377 e. The molecule has 0 aliphatic rings. The summed E-state index contributed by atoms with van der Waals surface area (Å²) in [4.78, 5) is 35.0. The quantitative estimate of drug-likeness (QED) is 0.614. The fourth-order valence-electron chi connectivity index (χ4n) is 2.06. The van der Waals surface area contributed by atoms with E-state index in [0.29, 0.717) is 0 Å². The largest absolute Gasteiger partial charge is 0.497 e. The summed E-state index contributed by atoms with van der Waals surface area (Å²) in [7, 11) is 2.64. The van der Waals surface area contributed by atoms with E-state index in [1.54, 1.807) is 0 Å². The Bertz CT molecular complexity index is 849. The second-order valence-electron chi connectivity index (χ2n) is 4.85. The van der Waals surface area contributed by atoms with E-state index in [0.717, 1.165) is 6.07 Å². The van der Waals surface area contributed by atoms with Gasteiger partial charge in [0.2, 0.25) is 0 Å². The van der Waals surface area contributed by atoms with Crippen molar-refractivity contribution in [1.29, 1.82) is 0 Å². The Labute approximate surface area is 142 Å². The van der Waals surface area contributed by atoms with Crippen LogP contribution < -0.4 is 14.8 Å². The molecule has 0 fully saturated rings. The number of carboxylic acids is 1. The molecular weight excluding hydrogens is 333 g/mol. The van der Waals surface area contributed by atoms with Crippen molar-refractivity contribution in [2.24, 2.45) is 0 Å². The number of anilines is 1. The Hall–Kier alpha value is -3.42. The molecule has 0 aromatic heterocycles. The van der Waals surface area contributed by atoms with Crippen LogP contribution in [0.3, 0.4) is 0 Å². The van der Waals surface area contributed by atoms with E-state index in [1.807, 2.05) is 0 Å². The normalized spacial score (nSPS) is 10.0. The van der Waals surface area contributed by atoms with Gasteiger partial charge < -0.3 is 19.9 Å². The summed E-state index contributed by atoms with van der Waals surface area (Å²) in [5, 5.41) is 11.3. The van der Waals surface area contributed by atoms with Crippen LogP contribution >= 0.6 is 0 Å². The zero-order valence-corrected chi connectivity index (χ0v) is 13.3. The molecule has 2 aromatic carbocycles. The standard InChI is InChI=1S/C17H14FNO6/c1-24-10-4-5-13(11(8-10)15(20)17(22)23)19-16(21)9-3-6-14(25-2)12(18)7-9/h3-8H,1-2H3,(H,19,21)(H,22,23). The highest BCUT2D eigenvalue weighted by Gasteiger charge is 2.21. The zero-order valence-electron chi connectivity index (χ0n) is 13.3. The van der Waals surface area contributed by atoms with Crippen molar-refractivity contribution in [3.63, 3.8) is 0 Å². The minimum Gasteiger partial charge on any atom is -0.497 e. The number of ether oxygens (including phenoxy) is 2. The van der Waals surface area contributed by atoms with E-state index in [9.17, 15) is 18.8 Å². The predicted octanol–water partition coefficient (Wildman–Crippen LogP) is 2.36. The van der Waals surface area contributed by atoms with Gasteiger partial charge in [-0.25, -0.2) is 9.18 Å². The number of carbonyl (C=O) groups is 3. The van der Waals surface area contributed by atoms with Gasteiger partial charge in [-0.2, -0.15) is 0 Å². The minimum atomic E-state index is -1.68. The number of aliphatic carboxylic acids is 1. The molecule has 0 spiro atoms. The van der Waals surface area contributed by atoms with Gasteiger partial charge in [0, 0.05) is 5.56 Å². The molecule has 0 saturated carbocycles. The van der Waals surface area contributed by atoms with E-state index in [2.05, 4.69) is 5.32 Å². The Balaban J connectivity index is 2.35. The third kappa shape index (κ3) is 3.92. The van der Waals surface area contributed by atoms with E-state index in [4.69, 9.17) is 14.6 Å². The number of ketones is 1. The van der Waals surface area contributed by atoms with Crippen LogP contribution in [0.25, 0.3) is 0 Å². The molecule has 0 bridgehead atoms. The van der Waals surface area contributed by atoms with Crippen molar-refractivity contribution in [1.82, 2.24) is 0 Å². The van der Waals surface area contributed by atoms with E-state index >= 15 is 0 Å². The molecule has 2 aromatic rings. The van der Waals surface area contributed by atoms with Gasteiger partial charge in [-0.1, -0.05) is 0 Å². The molecule has 7 nitrogen and oxygen atoms in total. The van der Waals surface area contributed by atoms with Crippen LogP contribution in [-0.4, -0.2) is 37.0 Å². The lowest BCUT2D eigenvalue weighted by molar-refractivity contribution is -0.131. The Morgan fingerprint density at radius 1 is 1.04 bits per heavy atom. The highest BCUT2D eigenvalue weighted by Crippen LogP contribution is 2.24. The first kappa shape index (κ1) is 17.9. The third-order valence-electron chi connectivity index (χ3n) is 3.33. The molecule has 8 heteroatoms. The summed E-state index contributed by atoms with van der Waals surface area (Å²) in [5.41, 5.74) is -0.313. The number of carbonyl (C=O) groups excluding carboxylic acids is 2. The lowest BCUT2D eigenvalue weighted by Gasteiger charge is -2.11. The molecule has 0 saturated heterocycles. The summed E-state index contributed by atoms with van der Waals surface area (Å²) in [6.45, 7) is 0. The van der Waals surface area contributed by atoms with Gasteiger partial charge in [0.15, 0.2) is 11.6 Å². The Morgan fingerprint density at radius 2 is 1.76 bits per heavy atom. The number of rotatable bonds is 6. The monoisotopic (exact) mass is 347 g/mol. The van der Waals surface area contributed by atoms with Crippen LogP contribution in [0.1, 0.15) is 20.7 Å². The number of halogens is 1. The maximum atomic E-state index is 13.7. The van der Waals surface area contributed by atoms with Crippen LogP contribution in [0.5, 0.6) is 11.5 Å². The van der Waals surface area contributed by atoms with Crippen LogP contribution in [0.2, 0.25) is 0 Å². The fourth-order valence-corrected chi connectivity index (χ4v) is 2.06. The van der Waals surface area contributed by atoms with Gasteiger partial charge in [-0.05, 0) is 36.4 Å². The molecule has 0 aliphatic carbocycles. The Kier molecular flexibility index (Phi) is 5.33. The van der Waals surface area contributed by atoms with Crippen molar-refractivity contribution in [3.8, 4) is 11.5 Å². The number of nitrogens with one attached hydrogen (secondary N) is 1. The lowest BCUT2D eigenvalue weighted by Crippen LogP contribution is -2.19. The van der Waals surface area contributed by atoms with Crippen LogP contribution in [0.4, 0.5) is 10.1 Å². The first-order chi connectivity index (χ1) is 11.9. The molecule has 0 radical (unpaired) electrons. The molecule has 1 amide bonds. The molecular formula is C17H14FNO6. The van der Waals surface area contributed by atoms with Gasteiger partial charge >= 0.3 is 5.97 Å². The smallest absolute Gasteiger partial charge is 0.377 e. The SMILES string of the molecule is COc1ccc(NC(=O)c2ccc(OC)c(F)c2)c(C(=O)C(=O)O)c1. The van der Waals surface area contributed by atoms with Gasteiger partial charge in [-0.3, -0.25) is 9.59 Å². The highest BCUT2D eigenvalue weighted by molar-refractivity contribution is 6.41. The summed E-state index contributed by atoms with van der Waals surface area (Å²) < 4.78 is 23.4. The number of carboxylic acid groups (broad SMARTS) is 1. The number of hydrogen-bond acceptors (Lipinski definition) is 5. The number of methoxy groups -OCH3 is 2. The lowest BCUT2D eigenvalue weighted by atomic mass is 10.1. The number of benzene rings is 2. The Morgan fingerprint density at radius 3 is 2.32 bits per heavy atom. The second-order valence-corrected chi connectivity index (χ2v) is 4.85. The second kappa shape index (κ2) is 7.43. The topological polar surface area (TPSA) is 102 Å². The van der Waals surface area contributed by atoms with Gasteiger partial charge in [0.1, 0.15) is 5.75 Å². The summed E-state index contributed by atoms with van der Waals surface area (Å²) in [6.07, 6.45) is 0. The van der Waals surface area contributed by atoms with Crippen molar-refractivity contribution in [3.05, 3.63) is 53.3 Å². The van der Waals surface area contributed by atoms with Crippen molar-refractivity contribution >= 4 is 23.3 Å². The third-order valence-corrected chi connectivity index (χ3v) is 3.33. The summed E-state index contributed by atoms with van der Waals surface area (Å²) >= 11 is 0. The van der Waals surface area contributed by atoms with Gasteiger partial charge in [0.05, 0.1) is 25.5 Å². The van der Waals surface area contributed by atoms with Crippen molar-refractivity contribution in [2.45, 2.75) is 0 Å². The van der Waals surface area contributed by atoms with Crippen LogP contribution in [0, 0.1) is 5.82 Å². The maximum absolute atomic E-state index is 13.7. The average molecular weight is 347 g/mol. The van der Waals surface area contributed by atoms with Crippen LogP contribution in [-0.2, 0) is 4.79 Å². The molecule has 2 N–H and O–H groups in total. The number of Topliss-reactive ketones (excluding diaryl/α,β-unsaturated/α-hetero) is 1. The zero-order chi connectivity index (χ0) is 18.6. The minimum absolute atomic E-state index is 0.0251. The van der Waals surface area contributed by atoms with Crippen molar-refractivity contribution in [2.75, 3.05) is 19.5 Å².